The molecule has 0 aromatic carbocycles. The molecule has 13 heavy (non-hydrogen) atoms. The zero-order valence-electron chi connectivity index (χ0n) is 7.77. The predicted molar refractivity (Wildman–Crippen MR) is 60.0 cm³/mol. The molecule has 0 aliphatic carbocycles. The maximum atomic E-state index is 5.58. The lowest BCUT2D eigenvalue weighted by Gasteiger charge is -2.20. The predicted octanol–water partition coefficient (Wildman–Crippen LogP) is 3.78. The highest BCUT2D eigenvalue weighted by atomic mass is 79.9. The van der Waals surface area contributed by atoms with Crippen molar-refractivity contribution in [2.75, 3.05) is 0 Å². The molecule has 1 heterocycles. The van der Waals surface area contributed by atoms with Crippen LogP contribution in [0, 0.1) is 0 Å². The van der Waals surface area contributed by atoms with Crippen LogP contribution in [0.5, 0.6) is 5.88 Å². The van der Waals surface area contributed by atoms with Crippen molar-refractivity contribution in [2.24, 2.45) is 0 Å². The van der Waals surface area contributed by atoms with Crippen LogP contribution in [0.3, 0.4) is 0 Å². The Hall–Kier alpha value is -0.0900. The average Bonchev–Trinajstić information content (AvgIpc) is 1.94. The number of hydrogen-bond acceptors (Lipinski definition) is 2. The first-order chi connectivity index (χ1) is 5.88. The largest absolute Gasteiger partial charge is 0.472 e. The van der Waals surface area contributed by atoms with Gasteiger partial charge >= 0.3 is 0 Å². The van der Waals surface area contributed by atoms with Crippen molar-refractivity contribution in [3.63, 3.8) is 0 Å². The van der Waals surface area contributed by atoms with E-state index in [4.69, 9.17) is 4.74 Å². The van der Waals surface area contributed by atoms with Gasteiger partial charge in [-0.15, -0.1) is 0 Å². The van der Waals surface area contributed by atoms with Crippen LogP contribution in [0.1, 0.15) is 20.8 Å². The van der Waals surface area contributed by atoms with Crippen molar-refractivity contribution in [1.82, 2.24) is 4.98 Å². The van der Waals surface area contributed by atoms with E-state index in [0.29, 0.717) is 5.88 Å². The third-order valence-electron chi connectivity index (χ3n) is 1.19. The van der Waals surface area contributed by atoms with Crippen LogP contribution in [0.25, 0.3) is 0 Å². The van der Waals surface area contributed by atoms with Gasteiger partial charge < -0.3 is 4.74 Å². The van der Waals surface area contributed by atoms with E-state index < -0.39 is 0 Å². The second kappa shape index (κ2) is 3.96. The number of halogens is 2. The summed E-state index contributed by atoms with van der Waals surface area (Å²) in [5, 5.41) is 0. The van der Waals surface area contributed by atoms with Crippen LogP contribution in [-0.4, -0.2) is 10.6 Å². The van der Waals surface area contributed by atoms with Crippen LogP contribution >= 0.6 is 31.9 Å². The molecular formula is C9H11Br2NO. The molecule has 0 N–H and O–H groups in total. The molecule has 1 aromatic rings. The minimum atomic E-state index is -0.208. The molecule has 0 aliphatic heterocycles. The summed E-state index contributed by atoms with van der Waals surface area (Å²) in [7, 11) is 0. The van der Waals surface area contributed by atoms with Gasteiger partial charge in [-0.1, -0.05) is 0 Å². The highest BCUT2D eigenvalue weighted by molar-refractivity contribution is 9.13. The van der Waals surface area contributed by atoms with Crippen molar-refractivity contribution in [3.8, 4) is 5.88 Å². The molecule has 0 saturated carbocycles. The van der Waals surface area contributed by atoms with Gasteiger partial charge in [0.15, 0.2) is 0 Å². The van der Waals surface area contributed by atoms with Crippen LogP contribution in [-0.2, 0) is 0 Å². The summed E-state index contributed by atoms with van der Waals surface area (Å²) in [4.78, 5) is 4.21. The van der Waals surface area contributed by atoms with E-state index in [1.807, 2.05) is 32.9 Å². The van der Waals surface area contributed by atoms with Gasteiger partial charge in [-0.3, -0.25) is 0 Å². The number of ether oxygens (including phenoxy) is 1. The zero-order chi connectivity index (χ0) is 10.1. The maximum absolute atomic E-state index is 5.58. The molecule has 0 fully saturated rings. The SMILES string of the molecule is CC(C)(C)Oc1ccc(Br)c(Br)n1. The molecule has 0 spiro atoms. The minimum Gasteiger partial charge on any atom is -0.472 e. The summed E-state index contributed by atoms with van der Waals surface area (Å²) in [6.07, 6.45) is 0. The number of hydrogen-bond donors (Lipinski definition) is 0. The standard InChI is InChI=1S/C9H11Br2NO/c1-9(2,3)13-7-5-4-6(10)8(11)12-7/h4-5H,1-3H3. The maximum Gasteiger partial charge on any atom is 0.214 e. The molecule has 1 aromatic heterocycles. The number of aromatic nitrogens is 1. The van der Waals surface area contributed by atoms with Gasteiger partial charge in [0, 0.05) is 6.07 Å². The summed E-state index contributed by atoms with van der Waals surface area (Å²) in [6.45, 7) is 5.97. The molecule has 0 aliphatic rings. The molecule has 0 unspecified atom stereocenters. The molecule has 72 valence electrons. The first kappa shape index (κ1) is 11.0. The van der Waals surface area contributed by atoms with Crippen molar-refractivity contribution < 1.29 is 4.74 Å². The van der Waals surface area contributed by atoms with Crippen molar-refractivity contribution in [1.29, 1.82) is 0 Å². The van der Waals surface area contributed by atoms with E-state index in [1.165, 1.54) is 0 Å². The molecular weight excluding hydrogens is 298 g/mol. The lowest BCUT2D eigenvalue weighted by atomic mass is 10.2. The van der Waals surface area contributed by atoms with Gasteiger partial charge in [0.05, 0.1) is 4.47 Å². The molecule has 0 bridgehead atoms. The van der Waals surface area contributed by atoms with Crippen LogP contribution in [0.2, 0.25) is 0 Å². The zero-order valence-corrected chi connectivity index (χ0v) is 10.9. The number of pyridine rings is 1. The van der Waals surface area contributed by atoms with Crippen molar-refractivity contribution >= 4 is 31.9 Å². The Labute approximate surface area is 95.0 Å². The lowest BCUT2D eigenvalue weighted by Crippen LogP contribution is -2.23. The number of rotatable bonds is 1. The molecule has 1 rings (SSSR count). The molecule has 2 nitrogen and oxygen atoms in total. The summed E-state index contributed by atoms with van der Waals surface area (Å²) in [5.74, 6) is 0.627. The topological polar surface area (TPSA) is 22.1 Å². The molecule has 0 amide bonds. The average molecular weight is 309 g/mol. The monoisotopic (exact) mass is 307 g/mol. The van der Waals surface area contributed by atoms with Gasteiger partial charge in [0.2, 0.25) is 5.88 Å². The first-order valence-electron chi connectivity index (χ1n) is 3.89. The summed E-state index contributed by atoms with van der Waals surface area (Å²) < 4.78 is 7.26. The molecule has 0 radical (unpaired) electrons. The Morgan fingerprint density at radius 3 is 2.31 bits per heavy atom. The quantitative estimate of drug-likeness (QED) is 0.737. The third kappa shape index (κ3) is 3.65. The highest BCUT2D eigenvalue weighted by Gasteiger charge is 2.13. The Balaban J connectivity index is 2.86. The third-order valence-corrected chi connectivity index (χ3v) is 2.96. The summed E-state index contributed by atoms with van der Waals surface area (Å²) in [5.41, 5.74) is -0.208. The van der Waals surface area contributed by atoms with E-state index in [1.54, 1.807) is 0 Å². The van der Waals surface area contributed by atoms with Gasteiger partial charge in [-0.25, -0.2) is 4.98 Å². The second-order valence-electron chi connectivity index (χ2n) is 3.64. The Morgan fingerprint density at radius 2 is 1.85 bits per heavy atom. The Morgan fingerprint density at radius 1 is 1.23 bits per heavy atom. The normalized spacial score (nSPS) is 11.5. The van der Waals surface area contributed by atoms with E-state index in [-0.39, 0.29) is 5.60 Å². The van der Waals surface area contributed by atoms with Crippen molar-refractivity contribution in [3.05, 3.63) is 21.2 Å². The van der Waals surface area contributed by atoms with E-state index in [0.717, 1.165) is 9.08 Å². The fourth-order valence-electron chi connectivity index (χ4n) is 0.771. The van der Waals surface area contributed by atoms with E-state index in [9.17, 15) is 0 Å². The van der Waals surface area contributed by atoms with Crippen LogP contribution < -0.4 is 4.74 Å². The van der Waals surface area contributed by atoms with Gasteiger partial charge in [-0.05, 0) is 58.7 Å². The van der Waals surface area contributed by atoms with E-state index in [2.05, 4.69) is 36.8 Å². The lowest BCUT2D eigenvalue weighted by molar-refractivity contribution is 0.124. The van der Waals surface area contributed by atoms with Crippen molar-refractivity contribution in [2.45, 2.75) is 26.4 Å². The fourth-order valence-corrected chi connectivity index (χ4v) is 1.30. The number of nitrogens with zero attached hydrogens (tertiary/aromatic N) is 1. The second-order valence-corrected chi connectivity index (χ2v) is 5.24. The van der Waals surface area contributed by atoms with Crippen LogP contribution in [0.4, 0.5) is 0 Å². The highest BCUT2D eigenvalue weighted by Crippen LogP contribution is 2.25. The molecule has 4 heteroatoms. The Kier molecular flexibility index (Phi) is 3.35. The van der Waals surface area contributed by atoms with Gasteiger partial charge in [0.1, 0.15) is 10.2 Å². The van der Waals surface area contributed by atoms with Gasteiger partial charge in [-0.2, -0.15) is 0 Å². The summed E-state index contributed by atoms with van der Waals surface area (Å²) >= 11 is 6.66. The summed E-state index contributed by atoms with van der Waals surface area (Å²) in [6, 6.07) is 3.73. The Bertz CT molecular complexity index is 307. The minimum absolute atomic E-state index is 0.208. The molecule has 0 atom stereocenters. The first-order valence-corrected chi connectivity index (χ1v) is 5.48. The van der Waals surface area contributed by atoms with Gasteiger partial charge in [0.25, 0.3) is 0 Å². The molecule has 0 saturated heterocycles. The van der Waals surface area contributed by atoms with E-state index >= 15 is 0 Å². The van der Waals surface area contributed by atoms with Crippen LogP contribution in [0.15, 0.2) is 21.2 Å². The smallest absolute Gasteiger partial charge is 0.214 e. The fraction of sp³-hybridized carbons (Fsp3) is 0.444.